The van der Waals surface area contributed by atoms with Gasteiger partial charge in [-0.05, 0) is 18.9 Å². The van der Waals surface area contributed by atoms with Crippen molar-refractivity contribution in [3.63, 3.8) is 0 Å². The first-order valence-electron chi connectivity index (χ1n) is 6.93. The molecule has 1 rings (SSSR count). The number of carboxylic acid groups (broad SMARTS) is 1. The van der Waals surface area contributed by atoms with Crippen LogP contribution in [0.4, 0.5) is 4.39 Å². The van der Waals surface area contributed by atoms with Gasteiger partial charge < -0.3 is 10.4 Å². The highest BCUT2D eigenvalue weighted by molar-refractivity contribution is 5.82. The number of carbonyl (C=O) groups is 2. The zero-order chi connectivity index (χ0) is 15.9. The SMILES string of the molecule is CCC(CC)(NCC(=O)NCc1ccccc1F)C(=O)O. The minimum Gasteiger partial charge on any atom is -0.480 e. The summed E-state index contributed by atoms with van der Waals surface area (Å²) in [5.41, 5.74) is -0.712. The van der Waals surface area contributed by atoms with E-state index >= 15 is 0 Å². The Morgan fingerprint density at radius 1 is 1.24 bits per heavy atom. The van der Waals surface area contributed by atoms with E-state index in [9.17, 15) is 19.1 Å². The van der Waals surface area contributed by atoms with E-state index < -0.39 is 11.5 Å². The standard InChI is InChI=1S/C15H21FN2O3/c1-3-15(4-2,14(20)21)18-10-13(19)17-9-11-7-5-6-8-12(11)16/h5-8,18H,3-4,9-10H2,1-2H3,(H,17,19)(H,20,21). The fraction of sp³-hybridized carbons (Fsp3) is 0.467. The molecular weight excluding hydrogens is 275 g/mol. The van der Waals surface area contributed by atoms with E-state index in [1.54, 1.807) is 32.0 Å². The number of hydrogen-bond acceptors (Lipinski definition) is 3. The summed E-state index contributed by atoms with van der Waals surface area (Å²) in [5, 5.41) is 14.6. The van der Waals surface area contributed by atoms with Gasteiger partial charge in [0.15, 0.2) is 0 Å². The molecule has 1 amide bonds. The van der Waals surface area contributed by atoms with Crippen LogP contribution >= 0.6 is 0 Å². The van der Waals surface area contributed by atoms with Crippen LogP contribution in [0.1, 0.15) is 32.3 Å². The predicted octanol–water partition coefficient (Wildman–Crippen LogP) is 1.67. The molecule has 21 heavy (non-hydrogen) atoms. The molecule has 0 atom stereocenters. The zero-order valence-corrected chi connectivity index (χ0v) is 12.3. The topological polar surface area (TPSA) is 78.4 Å². The summed E-state index contributed by atoms with van der Waals surface area (Å²) in [6.45, 7) is 3.46. The Kier molecular flexibility index (Phi) is 6.30. The van der Waals surface area contributed by atoms with Crippen molar-refractivity contribution >= 4 is 11.9 Å². The van der Waals surface area contributed by atoms with Crippen molar-refractivity contribution in [1.29, 1.82) is 0 Å². The van der Waals surface area contributed by atoms with E-state index in [0.29, 0.717) is 18.4 Å². The van der Waals surface area contributed by atoms with Crippen molar-refractivity contribution in [3.8, 4) is 0 Å². The molecule has 0 unspecified atom stereocenters. The molecule has 0 aliphatic rings. The number of carboxylic acids is 1. The average molecular weight is 296 g/mol. The van der Waals surface area contributed by atoms with Gasteiger partial charge in [0.25, 0.3) is 0 Å². The van der Waals surface area contributed by atoms with Gasteiger partial charge in [0, 0.05) is 12.1 Å². The van der Waals surface area contributed by atoms with Crippen LogP contribution in [0, 0.1) is 5.82 Å². The van der Waals surface area contributed by atoms with Crippen LogP contribution in [0.25, 0.3) is 0 Å². The molecule has 0 saturated carbocycles. The fourth-order valence-corrected chi connectivity index (χ4v) is 2.03. The number of hydrogen-bond donors (Lipinski definition) is 3. The second-order valence-corrected chi connectivity index (χ2v) is 4.82. The average Bonchev–Trinajstić information content (AvgIpc) is 2.47. The molecule has 0 saturated heterocycles. The third-order valence-electron chi connectivity index (χ3n) is 3.64. The number of halogens is 1. The Morgan fingerprint density at radius 2 is 1.86 bits per heavy atom. The van der Waals surface area contributed by atoms with Gasteiger partial charge in [0.1, 0.15) is 11.4 Å². The Balaban J connectivity index is 2.51. The van der Waals surface area contributed by atoms with Crippen LogP contribution < -0.4 is 10.6 Å². The molecule has 0 aliphatic carbocycles. The van der Waals surface area contributed by atoms with E-state index in [1.807, 2.05) is 0 Å². The number of aliphatic carboxylic acids is 1. The Labute approximate surface area is 123 Å². The first-order chi connectivity index (χ1) is 9.95. The normalized spacial score (nSPS) is 11.2. The molecule has 3 N–H and O–H groups in total. The predicted molar refractivity (Wildman–Crippen MR) is 77.2 cm³/mol. The lowest BCUT2D eigenvalue weighted by Crippen LogP contribution is -2.54. The van der Waals surface area contributed by atoms with Crippen molar-refractivity contribution in [2.45, 2.75) is 38.8 Å². The van der Waals surface area contributed by atoms with Gasteiger partial charge >= 0.3 is 5.97 Å². The van der Waals surface area contributed by atoms with E-state index in [4.69, 9.17) is 0 Å². The summed E-state index contributed by atoms with van der Waals surface area (Å²) in [4.78, 5) is 23.0. The van der Waals surface area contributed by atoms with Crippen molar-refractivity contribution in [3.05, 3.63) is 35.6 Å². The summed E-state index contributed by atoms with van der Waals surface area (Å²) in [6, 6.07) is 6.17. The number of rotatable bonds is 8. The summed E-state index contributed by atoms with van der Waals surface area (Å²) in [7, 11) is 0. The minimum atomic E-state index is -1.10. The Bertz CT molecular complexity index is 501. The minimum absolute atomic E-state index is 0.0749. The molecule has 0 aromatic heterocycles. The first kappa shape index (κ1) is 17.1. The lowest BCUT2D eigenvalue weighted by molar-refractivity contribution is -0.145. The lowest BCUT2D eigenvalue weighted by atomic mass is 9.93. The molecule has 0 bridgehead atoms. The van der Waals surface area contributed by atoms with E-state index in [0.717, 1.165) is 0 Å². The summed E-state index contributed by atoms with van der Waals surface area (Å²) < 4.78 is 13.4. The van der Waals surface area contributed by atoms with Crippen molar-refractivity contribution < 1.29 is 19.1 Å². The molecule has 0 heterocycles. The van der Waals surface area contributed by atoms with Gasteiger partial charge in [0.2, 0.25) is 5.91 Å². The molecule has 1 aromatic rings. The highest BCUT2D eigenvalue weighted by Gasteiger charge is 2.34. The van der Waals surface area contributed by atoms with Crippen LogP contribution in [0.5, 0.6) is 0 Å². The van der Waals surface area contributed by atoms with Crippen LogP contribution in [0.3, 0.4) is 0 Å². The van der Waals surface area contributed by atoms with Gasteiger partial charge in [-0.15, -0.1) is 0 Å². The van der Waals surface area contributed by atoms with Gasteiger partial charge in [-0.2, -0.15) is 0 Å². The monoisotopic (exact) mass is 296 g/mol. The summed E-state index contributed by atoms with van der Waals surface area (Å²) >= 11 is 0. The summed E-state index contributed by atoms with van der Waals surface area (Å²) in [6.07, 6.45) is 0.749. The van der Waals surface area contributed by atoms with Gasteiger partial charge in [-0.1, -0.05) is 32.0 Å². The number of nitrogens with one attached hydrogen (secondary N) is 2. The maximum absolute atomic E-state index is 13.4. The summed E-state index contributed by atoms with van der Waals surface area (Å²) in [5.74, 6) is -1.73. The smallest absolute Gasteiger partial charge is 0.323 e. The second-order valence-electron chi connectivity index (χ2n) is 4.82. The molecule has 0 spiro atoms. The third-order valence-corrected chi connectivity index (χ3v) is 3.64. The molecule has 5 nitrogen and oxygen atoms in total. The molecular formula is C15H21FN2O3. The van der Waals surface area contributed by atoms with E-state index in [2.05, 4.69) is 10.6 Å². The van der Waals surface area contributed by atoms with Crippen molar-refractivity contribution in [1.82, 2.24) is 10.6 Å². The highest BCUT2D eigenvalue weighted by atomic mass is 19.1. The molecule has 1 aromatic carbocycles. The van der Waals surface area contributed by atoms with Crippen LogP contribution in [-0.2, 0) is 16.1 Å². The quantitative estimate of drug-likeness (QED) is 0.682. The van der Waals surface area contributed by atoms with E-state index in [1.165, 1.54) is 6.07 Å². The second kappa shape index (κ2) is 7.73. The maximum Gasteiger partial charge on any atom is 0.323 e. The van der Waals surface area contributed by atoms with Gasteiger partial charge in [0.05, 0.1) is 6.54 Å². The maximum atomic E-state index is 13.4. The molecule has 0 aliphatic heterocycles. The Morgan fingerprint density at radius 3 is 2.38 bits per heavy atom. The fourth-order valence-electron chi connectivity index (χ4n) is 2.03. The number of carbonyl (C=O) groups excluding carboxylic acids is 1. The van der Waals surface area contributed by atoms with Gasteiger partial charge in [-0.3, -0.25) is 14.9 Å². The first-order valence-corrected chi connectivity index (χ1v) is 6.93. The van der Waals surface area contributed by atoms with Crippen LogP contribution in [0.15, 0.2) is 24.3 Å². The van der Waals surface area contributed by atoms with Crippen molar-refractivity contribution in [2.75, 3.05) is 6.54 Å². The third kappa shape index (κ3) is 4.53. The lowest BCUT2D eigenvalue weighted by Gasteiger charge is -2.27. The largest absolute Gasteiger partial charge is 0.480 e. The van der Waals surface area contributed by atoms with Crippen LogP contribution in [-0.4, -0.2) is 29.1 Å². The molecule has 0 fully saturated rings. The molecule has 0 radical (unpaired) electrons. The van der Waals surface area contributed by atoms with Gasteiger partial charge in [-0.25, -0.2) is 4.39 Å². The molecule has 6 heteroatoms. The van der Waals surface area contributed by atoms with Crippen molar-refractivity contribution in [2.24, 2.45) is 0 Å². The van der Waals surface area contributed by atoms with E-state index in [-0.39, 0.29) is 24.8 Å². The number of amides is 1. The van der Waals surface area contributed by atoms with Crippen LogP contribution in [0.2, 0.25) is 0 Å². The molecule has 116 valence electrons. The highest BCUT2D eigenvalue weighted by Crippen LogP contribution is 2.14. The number of benzene rings is 1. The Hall–Kier alpha value is -1.95. The zero-order valence-electron chi connectivity index (χ0n) is 12.3.